The summed E-state index contributed by atoms with van der Waals surface area (Å²) in [5, 5.41) is 19.3. The second-order valence-corrected chi connectivity index (χ2v) is 5.92. The molecule has 3 rings (SSSR count). The molecule has 0 radical (unpaired) electrons. The quantitative estimate of drug-likeness (QED) is 0.840. The fourth-order valence-corrected chi connectivity index (χ4v) is 2.79. The minimum Gasteiger partial charge on any atom is -0.484 e. The second-order valence-electron chi connectivity index (χ2n) is 5.92. The molecule has 2 aliphatic rings. The standard InChI is InChI=1S/C16H21NO6/c18-10-16(20)4-1-6-17(7-5-16)15(19)9-21-12-2-3-13-14(8-12)23-11-22-13/h2-3,8,18,20H,1,4-7,9-11H2/t16-/m1/s1. The van der Waals surface area contributed by atoms with E-state index in [0.717, 1.165) is 0 Å². The average molecular weight is 323 g/mol. The van der Waals surface area contributed by atoms with Crippen LogP contribution < -0.4 is 14.2 Å². The molecule has 2 heterocycles. The van der Waals surface area contributed by atoms with E-state index in [1.807, 2.05) is 0 Å². The number of ether oxygens (including phenoxy) is 3. The van der Waals surface area contributed by atoms with Gasteiger partial charge in [0, 0.05) is 19.2 Å². The van der Waals surface area contributed by atoms with Crippen molar-refractivity contribution in [3.8, 4) is 17.2 Å². The molecule has 2 N–H and O–H groups in total. The molecule has 0 spiro atoms. The van der Waals surface area contributed by atoms with Crippen LogP contribution in [-0.2, 0) is 4.79 Å². The van der Waals surface area contributed by atoms with Crippen LogP contribution in [-0.4, -0.2) is 59.7 Å². The summed E-state index contributed by atoms with van der Waals surface area (Å²) in [7, 11) is 0. The normalized spacial score (nSPS) is 23.5. The maximum Gasteiger partial charge on any atom is 0.260 e. The number of carbonyl (C=O) groups is 1. The van der Waals surface area contributed by atoms with Crippen LogP contribution in [0.15, 0.2) is 18.2 Å². The monoisotopic (exact) mass is 323 g/mol. The highest BCUT2D eigenvalue weighted by atomic mass is 16.7. The topological polar surface area (TPSA) is 88.5 Å². The first-order valence-corrected chi connectivity index (χ1v) is 7.73. The molecule has 1 atom stereocenters. The third-order valence-electron chi connectivity index (χ3n) is 4.27. The molecular weight excluding hydrogens is 302 g/mol. The third kappa shape index (κ3) is 3.68. The molecule has 0 unspecified atom stereocenters. The Hall–Kier alpha value is -1.99. The summed E-state index contributed by atoms with van der Waals surface area (Å²) in [4.78, 5) is 13.9. The maximum atomic E-state index is 12.3. The van der Waals surface area contributed by atoms with Gasteiger partial charge >= 0.3 is 0 Å². The predicted octanol–water partition coefficient (Wildman–Crippen LogP) is 0.530. The van der Waals surface area contributed by atoms with Gasteiger partial charge in [-0.1, -0.05) is 0 Å². The summed E-state index contributed by atoms with van der Waals surface area (Å²) < 4.78 is 16.0. The van der Waals surface area contributed by atoms with E-state index < -0.39 is 5.60 Å². The van der Waals surface area contributed by atoms with Crippen LogP contribution in [0.2, 0.25) is 0 Å². The fraction of sp³-hybridized carbons (Fsp3) is 0.562. The van der Waals surface area contributed by atoms with Gasteiger partial charge in [0.2, 0.25) is 6.79 Å². The van der Waals surface area contributed by atoms with Gasteiger partial charge < -0.3 is 29.3 Å². The maximum absolute atomic E-state index is 12.3. The van der Waals surface area contributed by atoms with Crippen molar-refractivity contribution in [2.75, 3.05) is 33.1 Å². The summed E-state index contributed by atoms with van der Waals surface area (Å²) in [5.74, 6) is 1.69. The molecule has 0 aromatic heterocycles. The van der Waals surface area contributed by atoms with Gasteiger partial charge in [-0.2, -0.15) is 0 Å². The lowest BCUT2D eigenvalue weighted by atomic mass is 9.96. The molecule has 1 saturated heterocycles. The largest absolute Gasteiger partial charge is 0.484 e. The minimum absolute atomic E-state index is 0.0722. The number of amides is 1. The van der Waals surface area contributed by atoms with Crippen molar-refractivity contribution in [2.45, 2.75) is 24.9 Å². The molecule has 1 aromatic rings. The summed E-state index contributed by atoms with van der Waals surface area (Å²) in [6.45, 7) is 0.825. The van der Waals surface area contributed by atoms with Crippen LogP contribution in [0.3, 0.4) is 0 Å². The van der Waals surface area contributed by atoms with Gasteiger partial charge in [0.05, 0.1) is 12.2 Å². The van der Waals surface area contributed by atoms with E-state index >= 15 is 0 Å². The van der Waals surface area contributed by atoms with E-state index in [2.05, 4.69) is 0 Å². The Morgan fingerprint density at radius 2 is 2.09 bits per heavy atom. The van der Waals surface area contributed by atoms with Gasteiger partial charge in [-0.05, 0) is 31.4 Å². The number of nitrogens with zero attached hydrogens (tertiary/aromatic N) is 1. The van der Waals surface area contributed by atoms with E-state index in [4.69, 9.17) is 14.2 Å². The van der Waals surface area contributed by atoms with Crippen LogP contribution in [0.1, 0.15) is 19.3 Å². The highest BCUT2D eigenvalue weighted by molar-refractivity contribution is 5.77. The van der Waals surface area contributed by atoms with Gasteiger partial charge in [0.25, 0.3) is 5.91 Å². The molecule has 0 saturated carbocycles. The lowest BCUT2D eigenvalue weighted by Crippen LogP contribution is -2.38. The van der Waals surface area contributed by atoms with Gasteiger partial charge in [-0.25, -0.2) is 0 Å². The number of aliphatic hydroxyl groups excluding tert-OH is 1. The summed E-state index contributed by atoms with van der Waals surface area (Å²) >= 11 is 0. The van der Waals surface area contributed by atoms with E-state index in [1.165, 1.54) is 0 Å². The summed E-state index contributed by atoms with van der Waals surface area (Å²) in [6, 6.07) is 5.17. The predicted molar refractivity (Wildman–Crippen MR) is 80.5 cm³/mol. The van der Waals surface area contributed by atoms with E-state index in [-0.39, 0.29) is 25.9 Å². The Kier molecular flexibility index (Phi) is 4.58. The number of hydrogen-bond acceptors (Lipinski definition) is 6. The van der Waals surface area contributed by atoms with Crippen LogP contribution >= 0.6 is 0 Å². The van der Waals surface area contributed by atoms with Gasteiger partial charge in [-0.15, -0.1) is 0 Å². The Labute approximate surface area is 134 Å². The zero-order valence-electron chi connectivity index (χ0n) is 12.9. The van der Waals surface area contributed by atoms with Crippen molar-refractivity contribution in [3.63, 3.8) is 0 Å². The Morgan fingerprint density at radius 3 is 2.91 bits per heavy atom. The van der Waals surface area contributed by atoms with Gasteiger partial charge in [0.15, 0.2) is 18.1 Å². The van der Waals surface area contributed by atoms with Crippen LogP contribution in [0, 0.1) is 0 Å². The highest BCUT2D eigenvalue weighted by Gasteiger charge is 2.30. The average Bonchev–Trinajstić information content (AvgIpc) is 2.94. The van der Waals surface area contributed by atoms with Crippen LogP contribution in [0.25, 0.3) is 0 Å². The molecule has 0 bridgehead atoms. The Bertz CT molecular complexity index is 578. The van der Waals surface area contributed by atoms with Crippen LogP contribution in [0.5, 0.6) is 17.2 Å². The molecule has 126 valence electrons. The molecule has 1 fully saturated rings. The third-order valence-corrected chi connectivity index (χ3v) is 4.27. The first-order valence-electron chi connectivity index (χ1n) is 7.73. The zero-order valence-corrected chi connectivity index (χ0v) is 12.9. The molecule has 1 aromatic carbocycles. The molecule has 1 amide bonds. The number of benzene rings is 1. The van der Waals surface area contributed by atoms with E-state index in [1.54, 1.807) is 23.1 Å². The van der Waals surface area contributed by atoms with Crippen molar-refractivity contribution in [2.24, 2.45) is 0 Å². The molecule has 23 heavy (non-hydrogen) atoms. The van der Waals surface area contributed by atoms with Gasteiger partial charge in [0.1, 0.15) is 5.75 Å². The highest BCUT2D eigenvalue weighted by Crippen LogP contribution is 2.35. The summed E-state index contributed by atoms with van der Waals surface area (Å²) in [6.07, 6.45) is 1.53. The Morgan fingerprint density at radius 1 is 1.26 bits per heavy atom. The molecular formula is C16H21NO6. The lowest BCUT2D eigenvalue weighted by molar-refractivity contribution is -0.133. The van der Waals surface area contributed by atoms with Crippen molar-refractivity contribution in [3.05, 3.63) is 18.2 Å². The SMILES string of the molecule is O=C(COc1ccc2c(c1)OCO2)N1CCC[C@](O)(CO)CC1. The fourth-order valence-electron chi connectivity index (χ4n) is 2.79. The first-order chi connectivity index (χ1) is 11.1. The number of carbonyl (C=O) groups excluding carboxylic acids is 1. The second kappa shape index (κ2) is 6.64. The van der Waals surface area contributed by atoms with E-state index in [9.17, 15) is 15.0 Å². The number of aliphatic hydroxyl groups is 2. The smallest absolute Gasteiger partial charge is 0.260 e. The molecule has 7 nitrogen and oxygen atoms in total. The van der Waals surface area contributed by atoms with Crippen LogP contribution in [0.4, 0.5) is 0 Å². The van der Waals surface area contributed by atoms with E-state index in [0.29, 0.717) is 49.6 Å². The number of rotatable bonds is 4. The molecule has 2 aliphatic heterocycles. The first kappa shape index (κ1) is 15.9. The van der Waals surface area contributed by atoms with Crippen molar-refractivity contribution in [1.82, 2.24) is 4.90 Å². The lowest BCUT2D eigenvalue weighted by Gasteiger charge is -2.24. The van der Waals surface area contributed by atoms with Crippen molar-refractivity contribution < 1.29 is 29.2 Å². The van der Waals surface area contributed by atoms with Crippen molar-refractivity contribution in [1.29, 1.82) is 0 Å². The number of fused-ring (bicyclic) bond motifs is 1. The Balaban J connectivity index is 1.53. The summed E-state index contributed by atoms with van der Waals surface area (Å²) in [5.41, 5.74) is -1.08. The number of likely N-dealkylation sites (tertiary alicyclic amines) is 1. The van der Waals surface area contributed by atoms with Crippen molar-refractivity contribution >= 4 is 5.91 Å². The molecule has 0 aliphatic carbocycles. The molecule has 7 heteroatoms. The van der Waals surface area contributed by atoms with Gasteiger partial charge in [-0.3, -0.25) is 4.79 Å². The minimum atomic E-state index is -1.08. The number of hydrogen-bond donors (Lipinski definition) is 2. The zero-order chi connectivity index (χ0) is 16.3.